The molecule has 1 atom stereocenters. The number of amides is 1. The molecule has 0 aromatic heterocycles. The van der Waals surface area contributed by atoms with Gasteiger partial charge in [0.1, 0.15) is 0 Å². The van der Waals surface area contributed by atoms with Crippen LogP contribution in [-0.2, 0) is 9.84 Å². The third-order valence-corrected chi connectivity index (χ3v) is 4.28. The molecule has 7 heteroatoms. The number of hydrogen-bond donors (Lipinski definition) is 1. The summed E-state index contributed by atoms with van der Waals surface area (Å²) >= 11 is 0. The molecule has 0 aliphatic carbocycles. The summed E-state index contributed by atoms with van der Waals surface area (Å²) in [6, 6.07) is 4.35. The maximum Gasteiger partial charge on any atom is 0.251 e. The number of ether oxygens (including phenoxy) is 2. The van der Waals surface area contributed by atoms with Gasteiger partial charge >= 0.3 is 0 Å². The number of carbonyl (C=O) groups excluding carboxylic acids is 1. The number of nitrogens with one attached hydrogen (secondary N) is 1. The second-order valence-corrected chi connectivity index (χ2v) is 6.24. The molecule has 2 aliphatic heterocycles. The fourth-order valence-electron chi connectivity index (χ4n) is 1.96. The van der Waals surface area contributed by atoms with Gasteiger partial charge in [0.25, 0.3) is 5.91 Å². The maximum absolute atomic E-state index is 12.0. The molecule has 0 radical (unpaired) electrons. The average Bonchev–Trinajstić information content (AvgIpc) is 2.94. The van der Waals surface area contributed by atoms with Gasteiger partial charge < -0.3 is 14.8 Å². The molecule has 0 saturated carbocycles. The number of hydrogen-bond acceptors (Lipinski definition) is 5. The summed E-state index contributed by atoms with van der Waals surface area (Å²) < 4.78 is 32.8. The summed E-state index contributed by atoms with van der Waals surface area (Å²) in [6.07, 6.45) is 1.47. The minimum absolute atomic E-state index is 0.0940. The first-order valence-electron chi connectivity index (χ1n) is 5.65. The Morgan fingerprint density at radius 2 is 2.05 bits per heavy atom. The van der Waals surface area contributed by atoms with E-state index in [0.29, 0.717) is 17.1 Å². The van der Waals surface area contributed by atoms with Crippen LogP contribution in [0.5, 0.6) is 11.5 Å². The topological polar surface area (TPSA) is 81.7 Å². The van der Waals surface area contributed by atoms with Crippen LogP contribution in [0.15, 0.2) is 29.7 Å². The van der Waals surface area contributed by atoms with Crippen molar-refractivity contribution in [3.8, 4) is 11.5 Å². The normalized spacial score (nSPS) is 22.4. The van der Waals surface area contributed by atoms with Crippen molar-refractivity contribution in [3.05, 3.63) is 35.2 Å². The molecule has 0 saturated heterocycles. The minimum atomic E-state index is -3.17. The zero-order valence-electron chi connectivity index (χ0n) is 9.83. The quantitative estimate of drug-likeness (QED) is 0.851. The van der Waals surface area contributed by atoms with E-state index in [9.17, 15) is 13.2 Å². The van der Waals surface area contributed by atoms with E-state index < -0.39 is 15.9 Å². The highest BCUT2D eigenvalue weighted by atomic mass is 32.2. The molecule has 3 rings (SSSR count). The molecule has 1 aromatic rings. The van der Waals surface area contributed by atoms with Crippen LogP contribution in [0.3, 0.4) is 0 Å². The first kappa shape index (κ1) is 12.0. The number of fused-ring (bicyclic) bond motifs is 1. The molecule has 1 aromatic carbocycles. The summed E-state index contributed by atoms with van der Waals surface area (Å²) in [6.45, 7) is 0.143. The van der Waals surface area contributed by atoms with Crippen LogP contribution in [0.4, 0.5) is 0 Å². The molecular weight excluding hydrogens is 270 g/mol. The van der Waals surface area contributed by atoms with Gasteiger partial charge in [0.15, 0.2) is 21.3 Å². The van der Waals surface area contributed by atoms with E-state index in [-0.39, 0.29) is 18.5 Å². The zero-order valence-corrected chi connectivity index (χ0v) is 10.6. The third kappa shape index (κ3) is 2.41. The minimum Gasteiger partial charge on any atom is -0.454 e. The van der Waals surface area contributed by atoms with E-state index >= 15 is 0 Å². The van der Waals surface area contributed by atoms with Gasteiger partial charge in [0.2, 0.25) is 6.79 Å². The van der Waals surface area contributed by atoms with E-state index in [1.165, 1.54) is 6.08 Å². The molecule has 1 N–H and O–H groups in total. The monoisotopic (exact) mass is 281 g/mol. The van der Waals surface area contributed by atoms with Gasteiger partial charge in [-0.3, -0.25) is 4.79 Å². The number of sulfone groups is 1. The second kappa shape index (κ2) is 4.27. The Labute approximate surface area is 109 Å². The van der Waals surface area contributed by atoms with E-state index in [1.807, 2.05) is 0 Å². The van der Waals surface area contributed by atoms with Crippen molar-refractivity contribution in [2.75, 3.05) is 12.5 Å². The van der Waals surface area contributed by atoms with Gasteiger partial charge in [-0.05, 0) is 24.3 Å². The summed E-state index contributed by atoms with van der Waals surface area (Å²) in [7, 11) is -3.17. The van der Waals surface area contributed by atoms with Gasteiger partial charge in [-0.25, -0.2) is 8.42 Å². The van der Waals surface area contributed by atoms with Crippen molar-refractivity contribution in [2.24, 2.45) is 0 Å². The Morgan fingerprint density at radius 3 is 2.79 bits per heavy atom. The summed E-state index contributed by atoms with van der Waals surface area (Å²) in [4.78, 5) is 12.0. The molecule has 6 nitrogen and oxygen atoms in total. The van der Waals surface area contributed by atoms with E-state index in [2.05, 4.69) is 5.32 Å². The van der Waals surface area contributed by atoms with Crippen molar-refractivity contribution in [1.82, 2.24) is 5.32 Å². The van der Waals surface area contributed by atoms with Crippen LogP contribution in [-0.4, -0.2) is 32.9 Å². The van der Waals surface area contributed by atoms with Gasteiger partial charge in [-0.15, -0.1) is 0 Å². The summed E-state index contributed by atoms with van der Waals surface area (Å²) in [5.41, 5.74) is 0.405. The number of benzene rings is 1. The smallest absolute Gasteiger partial charge is 0.251 e. The van der Waals surface area contributed by atoms with Crippen molar-refractivity contribution in [3.63, 3.8) is 0 Å². The van der Waals surface area contributed by atoms with Crippen LogP contribution in [0, 0.1) is 0 Å². The molecule has 1 amide bonds. The molecule has 0 fully saturated rings. The lowest BCUT2D eigenvalue weighted by Gasteiger charge is -2.10. The molecule has 0 bridgehead atoms. The van der Waals surface area contributed by atoms with Crippen molar-refractivity contribution >= 4 is 15.7 Å². The highest BCUT2D eigenvalue weighted by molar-refractivity contribution is 7.94. The van der Waals surface area contributed by atoms with Gasteiger partial charge in [0, 0.05) is 11.0 Å². The standard InChI is InChI=1S/C12H11NO5S/c14-12(13-9-3-4-19(15,16)6-9)8-1-2-10-11(5-8)18-7-17-10/h1-5,9H,6-7H2,(H,13,14)/t9-/m1/s1. The maximum atomic E-state index is 12.0. The van der Waals surface area contributed by atoms with E-state index in [1.54, 1.807) is 18.2 Å². The fourth-order valence-corrected chi connectivity index (χ4v) is 3.19. The van der Waals surface area contributed by atoms with Crippen LogP contribution < -0.4 is 14.8 Å². The van der Waals surface area contributed by atoms with E-state index in [4.69, 9.17) is 9.47 Å². The van der Waals surface area contributed by atoms with Crippen LogP contribution >= 0.6 is 0 Å². The zero-order chi connectivity index (χ0) is 13.5. The predicted octanol–water partition coefficient (Wildman–Crippen LogP) is 0.456. The number of carbonyl (C=O) groups is 1. The average molecular weight is 281 g/mol. The Bertz CT molecular complexity index is 665. The van der Waals surface area contributed by atoms with Crippen LogP contribution in [0.25, 0.3) is 0 Å². The van der Waals surface area contributed by atoms with E-state index in [0.717, 1.165) is 5.41 Å². The first-order chi connectivity index (χ1) is 9.03. The lowest BCUT2D eigenvalue weighted by atomic mass is 10.2. The first-order valence-corrected chi connectivity index (χ1v) is 7.36. The molecule has 2 heterocycles. The lowest BCUT2D eigenvalue weighted by Crippen LogP contribution is -2.35. The van der Waals surface area contributed by atoms with Gasteiger partial charge in [-0.1, -0.05) is 0 Å². The highest BCUT2D eigenvalue weighted by Gasteiger charge is 2.24. The summed E-state index contributed by atoms with van der Waals surface area (Å²) in [5.74, 6) is 0.677. The van der Waals surface area contributed by atoms with Crippen molar-refractivity contribution in [1.29, 1.82) is 0 Å². The fraction of sp³-hybridized carbons (Fsp3) is 0.250. The Kier molecular flexibility index (Phi) is 2.70. The Hall–Kier alpha value is -2.02. The molecule has 2 aliphatic rings. The lowest BCUT2D eigenvalue weighted by molar-refractivity contribution is 0.0947. The molecule has 0 spiro atoms. The molecule has 19 heavy (non-hydrogen) atoms. The molecule has 100 valence electrons. The van der Waals surface area contributed by atoms with Crippen LogP contribution in [0.1, 0.15) is 10.4 Å². The Balaban J connectivity index is 1.73. The highest BCUT2D eigenvalue weighted by Crippen LogP contribution is 2.32. The van der Waals surface area contributed by atoms with Crippen molar-refractivity contribution < 1.29 is 22.7 Å². The largest absolute Gasteiger partial charge is 0.454 e. The predicted molar refractivity (Wildman–Crippen MR) is 66.7 cm³/mol. The van der Waals surface area contributed by atoms with Crippen molar-refractivity contribution in [2.45, 2.75) is 6.04 Å². The van der Waals surface area contributed by atoms with Crippen LogP contribution in [0.2, 0.25) is 0 Å². The molecular formula is C12H11NO5S. The second-order valence-electron chi connectivity index (χ2n) is 4.31. The third-order valence-electron chi connectivity index (χ3n) is 2.88. The summed E-state index contributed by atoms with van der Waals surface area (Å²) in [5, 5.41) is 3.76. The number of rotatable bonds is 2. The van der Waals surface area contributed by atoms with Gasteiger partial charge in [-0.2, -0.15) is 0 Å². The van der Waals surface area contributed by atoms with Gasteiger partial charge in [0.05, 0.1) is 11.8 Å². The SMILES string of the molecule is O=C(N[C@@H]1C=CS(=O)(=O)C1)c1ccc2c(c1)OCO2. The Morgan fingerprint density at radius 1 is 1.26 bits per heavy atom. The molecule has 0 unspecified atom stereocenters.